The summed E-state index contributed by atoms with van der Waals surface area (Å²) in [4.78, 5) is 12.1. The van der Waals surface area contributed by atoms with Gasteiger partial charge in [-0.05, 0) is 18.9 Å². The van der Waals surface area contributed by atoms with Crippen molar-refractivity contribution in [2.45, 2.75) is 25.8 Å². The Kier molecular flexibility index (Phi) is 3.83. The molecular weight excluding hydrogens is 246 g/mol. The molecular formula is C14H19NO4. The lowest BCUT2D eigenvalue weighted by atomic mass is 9.92. The van der Waals surface area contributed by atoms with Crippen LogP contribution in [0.15, 0.2) is 6.07 Å². The van der Waals surface area contributed by atoms with Gasteiger partial charge in [0.15, 0.2) is 11.5 Å². The molecule has 1 aromatic carbocycles. The van der Waals surface area contributed by atoms with Gasteiger partial charge in [0.2, 0.25) is 5.75 Å². The summed E-state index contributed by atoms with van der Waals surface area (Å²) in [5.41, 5.74) is 1.48. The van der Waals surface area contributed by atoms with Crippen LogP contribution in [0.25, 0.3) is 0 Å². The number of methoxy groups -OCH3 is 3. The van der Waals surface area contributed by atoms with Gasteiger partial charge in [-0.25, -0.2) is 0 Å². The molecule has 0 aromatic heterocycles. The molecule has 1 N–H and O–H groups in total. The lowest BCUT2D eigenvalue weighted by Gasteiger charge is -2.27. The highest BCUT2D eigenvalue weighted by Crippen LogP contribution is 2.43. The topological polar surface area (TPSA) is 56.8 Å². The van der Waals surface area contributed by atoms with Crippen LogP contribution < -0.4 is 19.5 Å². The van der Waals surface area contributed by atoms with E-state index < -0.39 is 0 Å². The van der Waals surface area contributed by atoms with Crippen molar-refractivity contribution in [1.29, 1.82) is 0 Å². The molecule has 1 aliphatic heterocycles. The Morgan fingerprint density at radius 1 is 1.21 bits per heavy atom. The summed E-state index contributed by atoms with van der Waals surface area (Å²) in [6.07, 6.45) is 1.61. The van der Waals surface area contributed by atoms with Crippen molar-refractivity contribution in [3.05, 3.63) is 17.2 Å². The van der Waals surface area contributed by atoms with Crippen molar-refractivity contribution >= 4 is 5.91 Å². The zero-order valence-corrected chi connectivity index (χ0v) is 11.7. The van der Waals surface area contributed by atoms with Gasteiger partial charge in [0, 0.05) is 11.6 Å². The normalized spacial score (nSPS) is 17.5. The molecule has 0 aliphatic carbocycles. The number of amides is 1. The summed E-state index contributed by atoms with van der Waals surface area (Å²) in [6.45, 7) is 2.04. The number of carbonyl (C=O) groups excluding carboxylic acids is 1. The Hall–Kier alpha value is -1.91. The average molecular weight is 265 g/mol. The van der Waals surface area contributed by atoms with Crippen LogP contribution in [-0.2, 0) is 6.42 Å². The maximum absolute atomic E-state index is 12.1. The molecule has 0 saturated heterocycles. The number of nitrogens with one attached hydrogen (secondary N) is 1. The van der Waals surface area contributed by atoms with E-state index in [4.69, 9.17) is 14.2 Å². The zero-order chi connectivity index (χ0) is 14.0. The molecule has 5 nitrogen and oxygen atoms in total. The fourth-order valence-corrected chi connectivity index (χ4v) is 2.43. The van der Waals surface area contributed by atoms with E-state index in [-0.39, 0.29) is 11.9 Å². The Morgan fingerprint density at radius 3 is 2.42 bits per heavy atom. The maximum atomic E-state index is 12.1. The van der Waals surface area contributed by atoms with Crippen LogP contribution in [0, 0.1) is 0 Å². The predicted octanol–water partition coefficient (Wildman–Crippen LogP) is 1.78. The molecule has 5 heteroatoms. The Labute approximate surface area is 112 Å². The van der Waals surface area contributed by atoms with Gasteiger partial charge in [0.1, 0.15) is 0 Å². The summed E-state index contributed by atoms with van der Waals surface area (Å²) in [7, 11) is 4.68. The molecule has 104 valence electrons. The Bertz CT molecular complexity index is 499. The molecule has 1 heterocycles. The molecule has 1 aromatic rings. The van der Waals surface area contributed by atoms with Gasteiger partial charge in [-0.2, -0.15) is 0 Å². The van der Waals surface area contributed by atoms with Crippen molar-refractivity contribution in [1.82, 2.24) is 5.32 Å². The van der Waals surface area contributed by atoms with Crippen LogP contribution in [0.1, 0.15) is 29.3 Å². The van der Waals surface area contributed by atoms with Crippen molar-refractivity contribution in [3.63, 3.8) is 0 Å². The summed E-state index contributed by atoms with van der Waals surface area (Å²) >= 11 is 0. The number of fused-ring (bicyclic) bond motifs is 1. The molecule has 0 fully saturated rings. The highest BCUT2D eigenvalue weighted by molar-refractivity contribution is 5.99. The van der Waals surface area contributed by atoms with Crippen molar-refractivity contribution in [2.24, 2.45) is 0 Å². The van der Waals surface area contributed by atoms with E-state index in [1.807, 2.05) is 6.92 Å². The van der Waals surface area contributed by atoms with E-state index >= 15 is 0 Å². The smallest absolute Gasteiger partial charge is 0.252 e. The molecule has 0 spiro atoms. The first-order valence-electron chi connectivity index (χ1n) is 6.28. The number of ether oxygens (including phenoxy) is 3. The molecule has 2 rings (SSSR count). The molecule has 1 aliphatic rings. The largest absolute Gasteiger partial charge is 0.493 e. The minimum Gasteiger partial charge on any atom is -0.493 e. The molecule has 1 atom stereocenters. The second kappa shape index (κ2) is 5.38. The second-order valence-electron chi connectivity index (χ2n) is 4.45. The summed E-state index contributed by atoms with van der Waals surface area (Å²) in [5.74, 6) is 1.54. The number of hydrogen-bond acceptors (Lipinski definition) is 4. The van der Waals surface area contributed by atoms with Gasteiger partial charge in [0.05, 0.1) is 26.9 Å². The minimum absolute atomic E-state index is 0.0904. The van der Waals surface area contributed by atoms with Gasteiger partial charge in [-0.3, -0.25) is 4.79 Å². The van der Waals surface area contributed by atoms with Gasteiger partial charge < -0.3 is 19.5 Å². The summed E-state index contributed by atoms with van der Waals surface area (Å²) in [6, 6.07) is 1.84. The summed E-state index contributed by atoms with van der Waals surface area (Å²) in [5, 5.41) is 2.97. The van der Waals surface area contributed by atoms with Crippen LogP contribution >= 0.6 is 0 Å². The quantitative estimate of drug-likeness (QED) is 0.901. The number of hydrogen-bond donors (Lipinski definition) is 1. The SMILES string of the molecule is CCC1Cc2c(cc(OC)c(OC)c2OC)C(=O)N1. The molecule has 0 saturated carbocycles. The van der Waals surface area contributed by atoms with Crippen LogP contribution in [0.5, 0.6) is 17.2 Å². The molecule has 0 bridgehead atoms. The zero-order valence-electron chi connectivity index (χ0n) is 11.7. The van der Waals surface area contributed by atoms with Crippen molar-refractivity contribution < 1.29 is 19.0 Å². The first-order chi connectivity index (χ1) is 9.15. The number of rotatable bonds is 4. The monoisotopic (exact) mass is 265 g/mol. The highest BCUT2D eigenvalue weighted by atomic mass is 16.5. The van der Waals surface area contributed by atoms with Crippen molar-refractivity contribution in [2.75, 3.05) is 21.3 Å². The van der Waals surface area contributed by atoms with Crippen LogP contribution in [0.4, 0.5) is 0 Å². The van der Waals surface area contributed by atoms with Gasteiger partial charge in [0.25, 0.3) is 5.91 Å². The lowest BCUT2D eigenvalue weighted by Crippen LogP contribution is -2.41. The van der Waals surface area contributed by atoms with E-state index in [1.165, 1.54) is 0 Å². The fourth-order valence-electron chi connectivity index (χ4n) is 2.43. The van der Waals surface area contributed by atoms with Gasteiger partial charge >= 0.3 is 0 Å². The fraction of sp³-hybridized carbons (Fsp3) is 0.500. The van der Waals surface area contributed by atoms with E-state index in [0.29, 0.717) is 22.8 Å². The van der Waals surface area contributed by atoms with E-state index in [2.05, 4.69) is 5.32 Å². The van der Waals surface area contributed by atoms with Gasteiger partial charge in [-0.1, -0.05) is 6.92 Å². The minimum atomic E-state index is -0.0904. The van der Waals surface area contributed by atoms with Gasteiger partial charge in [-0.15, -0.1) is 0 Å². The first kappa shape index (κ1) is 13.5. The first-order valence-corrected chi connectivity index (χ1v) is 6.28. The third-order valence-electron chi connectivity index (χ3n) is 3.46. The highest BCUT2D eigenvalue weighted by Gasteiger charge is 2.30. The summed E-state index contributed by atoms with van der Waals surface area (Å²) < 4.78 is 16.0. The van der Waals surface area contributed by atoms with Crippen molar-refractivity contribution in [3.8, 4) is 17.2 Å². The Balaban J connectivity index is 2.63. The van der Waals surface area contributed by atoms with E-state index in [9.17, 15) is 4.79 Å². The van der Waals surface area contributed by atoms with E-state index in [0.717, 1.165) is 18.4 Å². The number of benzene rings is 1. The molecule has 1 unspecified atom stereocenters. The predicted molar refractivity (Wildman–Crippen MR) is 71.3 cm³/mol. The molecule has 0 radical (unpaired) electrons. The Morgan fingerprint density at radius 2 is 1.89 bits per heavy atom. The standard InChI is InChI=1S/C14H19NO4/c1-5-8-6-9-10(14(16)15-8)7-11(17-2)13(19-4)12(9)18-3/h7-8H,5-6H2,1-4H3,(H,15,16). The van der Waals surface area contributed by atoms with Crippen LogP contribution in [0.3, 0.4) is 0 Å². The maximum Gasteiger partial charge on any atom is 0.252 e. The third-order valence-corrected chi connectivity index (χ3v) is 3.46. The van der Waals surface area contributed by atoms with Crippen LogP contribution in [0.2, 0.25) is 0 Å². The average Bonchev–Trinajstić information content (AvgIpc) is 2.44. The lowest BCUT2D eigenvalue weighted by molar-refractivity contribution is 0.0922. The third kappa shape index (κ3) is 2.20. The number of carbonyl (C=O) groups is 1. The molecule has 19 heavy (non-hydrogen) atoms. The van der Waals surface area contributed by atoms with E-state index in [1.54, 1.807) is 27.4 Å². The second-order valence-corrected chi connectivity index (χ2v) is 4.45. The molecule has 1 amide bonds. The van der Waals surface area contributed by atoms with Crippen LogP contribution in [-0.4, -0.2) is 33.3 Å².